The minimum atomic E-state index is -0.113. The normalized spacial score (nSPS) is 9.94. The molecule has 1 aromatic heterocycles. The van der Waals surface area contributed by atoms with E-state index < -0.39 is 0 Å². The summed E-state index contributed by atoms with van der Waals surface area (Å²) in [6, 6.07) is 7.60. The zero-order chi connectivity index (χ0) is 12.1. The molecular formula is C12H12N2O2S. The standard InChI is InChI=1S/C12H12N2O2S/c1-16-10-5-3-2-4-9(10)6-14-12(15)11-7-13-8-17-11/h2-5,7-8H,6H2,1H3,(H,14,15). The maximum atomic E-state index is 11.7. The number of hydrogen-bond acceptors (Lipinski definition) is 4. The lowest BCUT2D eigenvalue weighted by Gasteiger charge is -2.08. The number of rotatable bonds is 4. The second-order valence-corrected chi connectivity index (χ2v) is 4.25. The predicted octanol–water partition coefficient (Wildman–Crippen LogP) is 2.08. The van der Waals surface area contributed by atoms with E-state index in [1.54, 1.807) is 18.8 Å². The zero-order valence-electron chi connectivity index (χ0n) is 9.34. The Morgan fingerprint density at radius 1 is 1.47 bits per heavy atom. The summed E-state index contributed by atoms with van der Waals surface area (Å²) in [4.78, 5) is 16.2. The van der Waals surface area contributed by atoms with Crippen molar-refractivity contribution in [2.45, 2.75) is 6.54 Å². The fourth-order valence-electron chi connectivity index (χ4n) is 1.44. The number of thiazole rings is 1. The van der Waals surface area contributed by atoms with Crippen molar-refractivity contribution >= 4 is 17.2 Å². The minimum Gasteiger partial charge on any atom is -0.496 e. The topological polar surface area (TPSA) is 51.2 Å². The van der Waals surface area contributed by atoms with E-state index in [2.05, 4.69) is 10.3 Å². The van der Waals surface area contributed by atoms with Crippen molar-refractivity contribution in [2.75, 3.05) is 7.11 Å². The molecular weight excluding hydrogens is 236 g/mol. The van der Waals surface area contributed by atoms with Crippen molar-refractivity contribution in [1.29, 1.82) is 0 Å². The molecule has 1 amide bonds. The van der Waals surface area contributed by atoms with Crippen LogP contribution in [-0.2, 0) is 6.54 Å². The summed E-state index contributed by atoms with van der Waals surface area (Å²) in [6.07, 6.45) is 1.56. The van der Waals surface area contributed by atoms with Gasteiger partial charge < -0.3 is 10.1 Å². The molecule has 1 aromatic carbocycles. The van der Waals surface area contributed by atoms with Gasteiger partial charge in [0, 0.05) is 12.1 Å². The number of nitrogens with zero attached hydrogens (tertiary/aromatic N) is 1. The van der Waals surface area contributed by atoms with Gasteiger partial charge in [-0.3, -0.25) is 9.78 Å². The molecule has 0 atom stereocenters. The number of carbonyl (C=O) groups is 1. The van der Waals surface area contributed by atoms with Crippen molar-refractivity contribution in [3.63, 3.8) is 0 Å². The molecule has 2 rings (SSSR count). The maximum absolute atomic E-state index is 11.7. The molecule has 2 aromatic rings. The van der Waals surface area contributed by atoms with Gasteiger partial charge >= 0.3 is 0 Å². The van der Waals surface area contributed by atoms with Crippen LogP contribution >= 0.6 is 11.3 Å². The summed E-state index contributed by atoms with van der Waals surface area (Å²) in [5.41, 5.74) is 2.59. The van der Waals surface area contributed by atoms with E-state index in [1.807, 2.05) is 24.3 Å². The number of methoxy groups -OCH3 is 1. The Balaban J connectivity index is 2.00. The molecule has 0 bridgehead atoms. The Kier molecular flexibility index (Phi) is 3.72. The third-order valence-electron chi connectivity index (χ3n) is 2.29. The Bertz CT molecular complexity index is 497. The lowest BCUT2D eigenvalue weighted by Crippen LogP contribution is -2.22. The Morgan fingerprint density at radius 3 is 3.00 bits per heavy atom. The van der Waals surface area contributed by atoms with E-state index in [1.165, 1.54) is 11.3 Å². The van der Waals surface area contributed by atoms with Crippen molar-refractivity contribution < 1.29 is 9.53 Å². The summed E-state index contributed by atoms with van der Waals surface area (Å²) in [5.74, 6) is 0.663. The van der Waals surface area contributed by atoms with Crippen LogP contribution < -0.4 is 10.1 Å². The highest BCUT2D eigenvalue weighted by Gasteiger charge is 2.08. The van der Waals surface area contributed by atoms with Crippen LogP contribution in [0.5, 0.6) is 5.75 Å². The number of benzene rings is 1. The number of para-hydroxylation sites is 1. The van der Waals surface area contributed by atoms with Gasteiger partial charge in [-0.2, -0.15) is 0 Å². The second kappa shape index (κ2) is 5.45. The highest BCUT2D eigenvalue weighted by Crippen LogP contribution is 2.17. The molecule has 1 N–H and O–H groups in total. The van der Waals surface area contributed by atoms with Crippen molar-refractivity contribution in [1.82, 2.24) is 10.3 Å². The first kappa shape index (κ1) is 11.6. The second-order valence-electron chi connectivity index (χ2n) is 3.36. The van der Waals surface area contributed by atoms with Crippen LogP contribution in [0.1, 0.15) is 15.2 Å². The molecule has 0 aliphatic rings. The van der Waals surface area contributed by atoms with Crippen LogP contribution in [0.2, 0.25) is 0 Å². The molecule has 88 valence electrons. The summed E-state index contributed by atoms with van der Waals surface area (Å²) in [6.45, 7) is 0.445. The molecule has 0 radical (unpaired) electrons. The fraction of sp³-hybridized carbons (Fsp3) is 0.167. The monoisotopic (exact) mass is 248 g/mol. The van der Waals surface area contributed by atoms with E-state index in [-0.39, 0.29) is 5.91 Å². The molecule has 0 saturated carbocycles. The van der Waals surface area contributed by atoms with Gasteiger partial charge in [0.1, 0.15) is 10.6 Å². The first-order chi connectivity index (χ1) is 8.31. The van der Waals surface area contributed by atoms with Gasteiger partial charge in [-0.25, -0.2) is 0 Å². The van der Waals surface area contributed by atoms with Gasteiger partial charge in [0.15, 0.2) is 0 Å². The largest absolute Gasteiger partial charge is 0.496 e. The molecule has 0 spiro atoms. The summed E-state index contributed by atoms with van der Waals surface area (Å²) in [5, 5.41) is 2.83. The number of aromatic nitrogens is 1. The lowest BCUT2D eigenvalue weighted by molar-refractivity contribution is 0.0954. The SMILES string of the molecule is COc1ccccc1CNC(=O)c1cncs1. The summed E-state index contributed by atoms with van der Waals surface area (Å²) in [7, 11) is 1.61. The highest BCUT2D eigenvalue weighted by molar-refractivity contribution is 7.11. The number of amides is 1. The molecule has 0 saturated heterocycles. The van der Waals surface area contributed by atoms with Crippen LogP contribution in [0, 0.1) is 0 Å². The number of carbonyl (C=O) groups excluding carboxylic acids is 1. The third kappa shape index (κ3) is 2.82. The van der Waals surface area contributed by atoms with Gasteiger partial charge in [0.05, 0.1) is 18.8 Å². The molecule has 1 heterocycles. The van der Waals surface area contributed by atoms with Gasteiger partial charge in [-0.1, -0.05) is 18.2 Å². The molecule has 0 aliphatic heterocycles. The van der Waals surface area contributed by atoms with E-state index in [4.69, 9.17) is 4.74 Å². The van der Waals surface area contributed by atoms with E-state index in [9.17, 15) is 4.79 Å². The van der Waals surface area contributed by atoms with Gasteiger partial charge in [0.25, 0.3) is 5.91 Å². The minimum absolute atomic E-state index is 0.113. The lowest BCUT2D eigenvalue weighted by atomic mass is 10.2. The summed E-state index contributed by atoms with van der Waals surface area (Å²) < 4.78 is 5.21. The summed E-state index contributed by atoms with van der Waals surface area (Å²) >= 11 is 1.32. The highest BCUT2D eigenvalue weighted by atomic mass is 32.1. The smallest absolute Gasteiger partial charge is 0.263 e. The van der Waals surface area contributed by atoms with Crippen LogP contribution in [0.25, 0.3) is 0 Å². The van der Waals surface area contributed by atoms with Gasteiger partial charge in [0.2, 0.25) is 0 Å². The maximum Gasteiger partial charge on any atom is 0.263 e. The molecule has 17 heavy (non-hydrogen) atoms. The molecule has 5 heteroatoms. The van der Waals surface area contributed by atoms with Crippen molar-refractivity contribution in [2.24, 2.45) is 0 Å². The number of hydrogen-bond donors (Lipinski definition) is 1. The quantitative estimate of drug-likeness (QED) is 0.901. The third-order valence-corrected chi connectivity index (χ3v) is 3.06. The van der Waals surface area contributed by atoms with Crippen molar-refractivity contribution in [3.05, 3.63) is 46.4 Å². The molecule has 4 nitrogen and oxygen atoms in total. The van der Waals surface area contributed by atoms with Gasteiger partial charge in [-0.15, -0.1) is 11.3 Å². The predicted molar refractivity (Wildman–Crippen MR) is 66.3 cm³/mol. The van der Waals surface area contributed by atoms with E-state index in [0.717, 1.165) is 11.3 Å². The molecule has 0 aliphatic carbocycles. The number of ether oxygens (including phenoxy) is 1. The fourth-order valence-corrected chi connectivity index (χ4v) is 1.98. The molecule has 0 unspecified atom stereocenters. The number of nitrogens with one attached hydrogen (secondary N) is 1. The Labute approximate surface area is 103 Å². The van der Waals surface area contributed by atoms with Crippen LogP contribution in [0.3, 0.4) is 0 Å². The van der Waals surface area contributed by atoms with Gasteiger partial charge in [-0.05, 0) is 6.07 Å². The first-order valence-electron chi connectivity index (χ1n) is 5.10. The zero-order valence-corrected chi connectivity index (χ0v) is 10.2. The van der Waals surface area contributed by atoms with E-state index >= 15 is 0 Å². The Hall–Kier alpha value is -1.88. The van der Waals surface area contributed by atoms with E-state index in [0.29, 0.717) is 11.4 Å². The van der Waals surface area contributed by atoms with Crippen LogP contribution in [-0.4, -0.2) is 18.0 Å². The molecule has 0 fully saturated rings. The average molecular weight is 248 g/mol. The average Bonchev–Trinajstić information content (AvgIpc) is 2.90. The van der Waals surface area contributed by atoms with Crippen molar-refractivity contribution in [3.8, 4) is 5.75 Å². The Morgan fingerprint density at radius 2 is 2.29 bits per heavy atom. The first-order valence-corrected chi connectivity index (χ1v) is 5.98. The van der Waals surface area contributed by atoms with Crippen LogP contribution in [0.4, 0.5) is 0 Å². The van der Waals surface area contributed by atoms with Crippen LogP contribution in [0.15, 0.2) is 36.0 Å².